The second-order valence-corrected chi connectivity index (χ2v) is 21.1. The number of benzene rings is 5. The molecule has 0 spiro atoms. The van der Waals surface area contributed by atoms with Crippen molar-refractivity contribution in [2.24, 2.45) is 0 Å². The maximum Gasteiger partial charge on any atom is 0.301 e. The highest BCUT2D eigenvalue weighted by molar-refractivity contribution is 6.98. The van der Waals surface area contributed by atoms with E-state index in [9.17, 15) is 11.0 Å². The van der Waals surface area contributed by atoms with Crippen molar-refractivity contribution in [2.45, 2.75) is 136 Å². The molecule has 0 amide bonds. The fourth-order valence-electron chi connectivity index (χ4n) is 9.94. The molecule has 0 N–H and O–H groups in total. The summed E-state index contributed by atoms with van der Waals surface area (Å²) in [5.41, 5.74) is 5.91. The fraction of sp³-hybridized carbons (Fsp3) is 0.382. The van der Waals surface area contributed by atoms with Crippen molar-refractivity contribution in [3.05, 3.63) is 125 Å². The van der Waals surface area contributed by atoms with E-state index in [0.717, 1.165) is 70.5 Å². The number of hydrogen-bond donors (Lipinski definition) is 0. The van der Waals surface area contributed by atoms with Gasteiger partial charge in [-0.05, 0) is 107 Å². The molecule has 6 aromatic rings. The van der Waals surface area contributed by atoms with Gasteiger partial charge in [0.05, 0.1) is 16.5 Å². The first-order valence-corrected chi connectivity index (χ1v) is 21.6. The first-order chi connectivity index (χ1) is 31.6. The summed E-state index contributed by atoms with van der Waals surface area (Å²) in [5.74, 6) is 1.39. The number of aryl methyl sites for hydroxylation is 1. The maximum atomic E-state index is 9.66. The molecule has 5 aromatic carbocycles. The number of hydrogen-bond acceptors (Lipinski definition) is 4. The summed E-state index contributed by atoms with van der Waals surface area (Å²) in [6, 6.07) is 15.0. The zero-order valence-electron chi connectivity index (χ0n) is 45.2. The quantitative estimate of drug-likeness (QED) is 0.167. The van der Waals surface area contributed by atoms with Crippen LogP contribution in [0.25, 0.3) is 22.5 Å². The Labute approximate surface area is 369 Å². The van der Waals surface area contributed by atoms with E-state index in [1.807, 2.05) is 54.5 Å². The minimum Gasteiger partial charge on any atom is -0.486 e. The van der Waals surface area contributed by atoms with Crippen LogP contribution >= 0.6 is 0 Å². The molecule has 0 saturated heterocycles. The monoisotopic (exact) mass is 802 g/mol. The minimum atomic E-state index is -0.744. The Balaban J connectivity index is 1.34. The molecule has 1 fully saturated rings. The fourth-order valence-corrected chi connectivity index (χ4v) is 9.94. The first kappa shape index (κ1) is 30.8. The van der Waals surface area contributed by atoms with Crippen LogP contribution in [0.15, 0.2) is 101 Å². The van der Waals surface area contributed by atoms with Crippen LogP contribution in [0.5, 0.6) is 17.2 Å². The molecule has 1 aromatic heterocycles. The molecular formula is C55H60BNO3. The molecule has 2 atom stereocenters. The number of anilines is 3. The Morgan fingerprint density at radius 3 is 1.88 bits per heavy atom. The Morgan fingerprint density at radius 2 is 1.27 bits per heavy atom. The summed E-state index contributed by atoms with van der Waals surface area (Å²) in [6.45, 7) is 23.6. The van der Waals surface area contributed by atoms with Crippen molar-refractivity contribution >= 4 is 40.4 Å². The Hall–Kier alpha value is -5.16. The zero-order chi connectivity index (χ0) is 49.3. The SMILES string of the molecule is [2H]c1c([2H])c(C(C)(C)C)c([2H])c([2H])c1-c1oc2c(c1-c1c([2H])c([2H])c(C(C)(C)C)c([2H])c1[2H])Oc1cc(C)cc3c1B2c1cc2c(cc1N3c1ccc(C(C)(C)C)cc1)OC1(C)CCCCC21C. The third kappa shape index (κ3) is 5.85. The second kappa shape index (κ2) is 12.9. The Morgan fingerprint density at radius 1 is 0.667 bits per heavy atom. The van der Waals surface area contributed by atoms with Crippen LogP contribution < -0.4 is 31.0 Å². The smallest absolute Gasteiger partial charge is 0.301 e. The molecule has 10 rings (SSSR count). The number of furan rings is 1. The van der Waals surface area contributed by atoms with Gasteiger partial charge in [0.2, 0.25) is 0 Å². The van der Waals surface area contributed by atoms with E-state index in [-0.39, 0.29) is 98.5 Å². The van der Waals surface area contributed by atoms with Crippen LogP contribution in [0, 0.1) is 6.92 Å². The molecule has 5 heteroatoms. The van der Waals surface area contributed by atoms with Crippen LogP contribution in [0.3, 0.4) is 0 Å². The van der Waals surface area contributed by atoms with Crippen LogP contribution in [0.2, 0.25) is 0 Å². The first-order valence-electron chi connectivity index (χ1n) is 25.6. The second-order valence-electron chi connectivity index (χ2n) is 21.1. The highest BCUT2D eigenvalue weighted by Gasteiger charge is 2.57. The van der Waals surface area contributed by atoms with E-state index in [0.29, 0.717) is 11.4 Å². The lowest BCUT2D eigenvalue weighted by Gasteiger charge is -2.44. The number of ether oxygens (including phenoxy) is 2. The van der Waals surface area contributed by atoms with E-state index in [1.165, 1.54) is 5.56 Å². The molecule has 1 saturated carbocycles. The minimum absolute atomic E-state index is 0.0496. The highest BCUT2D eigenvalue weighted by Crippen LogP contribution is 2.58. The predicted octanol–water partition coefficient (Wildman–Crippen LogP) is 13.2. The van der Waals surface area contributed by atoms with Gasteiger partial charge in [-0.1, -0.05) is 142 Å². The lowest BCUT2D eigenvalue weighted by Crippen LogP contribution is -2.59. The molecule has 4 aliphatic rings. The molecule has 4 nitrogen and oxygen atoms in total. The van der Waals surface area contributed by atoms with Gasteiger partial charge in [0.15, 0.2) is 5.75 Å². The van der Waals surface area contributed by atoms with Crippen molar-refractivity contribution in [1.29, 1.82) is 0 Å². The van der Waals surface area contributed by atoms with E-state index in [1.54, 1.807) is 0 Å². The van der Waals surface area contributed by atoms with Gasteiger partial charge in [0.1, 0.15) is 28.5 Å². The average Bonchev–Trinajstić information content (AvgIpc) is 3.71. The zero-order valence-corrected chi connectivity index (χ0v) is 37.2. The van der Waals surface area contributed by atoms with Crippen molar-refractivity contribution in [3.63, 3.8) is 0 Å². The van der Waals surface area contributed by atoms with Gasteiger partial charge in [-0.2, -0.15) is 0 Å². The van der Waals surface area contributed by atoms with Crippen molar-refractivity contribution < 1.29 is 24.9 Å². The molecule has 3 aliphatic heterocycles. The molecule has 60 heavy (non-hydrogen) atoms. The summed E-state index contributed by atoms with van der Waals surface area (Å²) in [6.07, 6.45) is 4.01. The van der Waals surface area contributed by atoms with Gasteiger partial charge in [-0.15, -0.1) is 0 Å². The third-order valence-corrected chi connectivity index (χ3v) is 13.7. The van der Waals surface area contributed by atoms with Gasteiger partial charge in [0, 0.05) is 45.1 Å². The number of nitrogens with zero attached hydrogens (tertiary/aromatic N) is 1. The number of fused-ring (bicyclic) bond motifs is 7. The van der Waals surface area contributed by atoms with Gasteiger partial charge >= 0.3 is 6.71 Å². The average molecular weight is 802 g/mol. The van der Waals surface area contributed by atoms with Crippen LogP contribution in [-0.2, 0) is 21.7 Å². The summed E-state index contributed by atoms with van der Waals surface area (Å²) in [4.78, 5) is 2.26. The van der Waals surface area contributed by atoms with Gasteiger partial charge < -0.3 is 18.8 Å². The van der Waals surface area contributed by atoms with Crippen LogP contribution in [-0.4, -0.2) is 12.3 Å². The highest BCUT2D eigenvalue weighted by atomic mass is 16.5. The molecule has 306 valence electrons. The summed E-state index contributed by atoms with van der Waals surface area (Å²) in [7, 11) is 0. The molecule has 4 heterocycles. The summed E-state index contributed by atoms with van der Waals surface area (Å²) >= 11 is 0. The van der Waals surface area contributed by atoms with Crippen molar-refractivity contribution in [2.75, 3.05) is 4.90 Å². The lowest BCUT2D eigenvalue weighted by molar-refractivity contribution is 0.00741. The van der Waals surface area contributed by atoms with E-state index >= 15 is 0 Å². The molecular weight excluding hydrogens is 733 g/mol. The summed E-state index contributed by atoms with van der Waals surface area (Å²) in [5, 5.41) is 0. The third-order valence-electron chi connectivity index (χ3n) is 13.7. The van der Waals surface area contributed by atoms with E-state index in [2.05, 4.69) is 82.0 Å². The van der Waals surface area contributed by atoms with Gasteiger partial charge in [0.25, 0.3) is 0 Å². The normalized spacial score (nSPS) is 22.3. The van der Waals surface area contributed by atoms with Crippen molar-refractivity contribution in [1.82, 2.24) is 0 Å². The van der Waals surface area contributed by atoms with E-state index < -0.39 is 23.1 Å². The summed E-state index contributed by atoms with van der Waals surface area (Å²) < 4.78 is 97.3. The molecule has 1 aliphatic carbocycles. The standard InChI is InChI=1S/C55H60BNO3/c1-33-29-43-47-45(30-33)58-49-46(34-15-19-36(20-16-34)51(2,3)4)48(35-17-21-37(22-18-35)52(5,6)7)59-50(49)56(47)41-31-40-44(60-55(12)28-14-13-27-54(40,55)11)32-42(41)57(43)39-25-23-38(24-26-39)53(8,9)10/h15-26,29-32H,13-14,27-28H2,1-12H3/i15D,16D,17D,18D,19D,20D,21D,22D. The van der Waals surface area contributed by atoms with E-state index in [4.69, 9.17) is 13.9 Å². The lowest BCUT2D eigenvalue weighted by atomic mass is 9.36. The van der Waals surface area contributed by atoms with Gasteiger partial charge in [-0.25, -0.2) is 0 Å². The Kier molecular flexibility index (Phi) is 6.64. The predicted molar refractivity (Wildman–Crippen MR) is 251 cm³/mol. The van der Waals surface area contributed by atoms with Crippen LogP contribution in [0.4, 0.5) is 17.1 Å². The Bertz CT molecular complexity index is 3120. The molecule has 2 unspecified atom stereocenters. The molecule has 0 bridgehead atoms. The largest absolute Gasteiger partial charge is 0.486 e. The molecule has 0 radical (unpaired) electrons. The van der Waals surface area contributed by atoms with Crippen LogP contribution in [0.1, 0.15) is 141 Å². The maximum absolute atomic E-state index is 9.66. The number of rotatable bonds is 3. The topological polar surface area (TPSA) is 34.8 Å². The van der Waals surface area contributed by atoms with Gasteiger partial charge in [-0.3, -0.25) is 0 Å². The van der Waals surface area contributed by atoms with Crippen molar-refractivity contribution in [3.8, 4) is 39.7 Å².